The number of rotatable bonds is 5. The molecule has 0 spiro atoms. The van der Waals surface area contributed by atoms with E-state index in [2.05, 4.69) is 4.72 Å². The predicted octanol–water partition coefficient (Wildman–Crippen LogP) is -0.408. The van der Waals surface area contributed by atoms with Crippen LogP contribution in [0.1, 0.15) is 26.7 Å². The average molecular weight is 313 g/mol. The van der Waals surface area contributed by atoms with Gasteiger partial charge in [-0.2, -0.15) is 0 Å². The van der Waals surface area contributed by atoms with E-state index in [0.29, 0.717) is 0 Å². The van der Waals surface area contributed by atoms with E-state index in [0.717, 1.165) is 0 Å². The zero-order valence-corrected chi connectivity index (χ0v) is 12.5. The first-order valence-electron chi connectivity index (χ1n) is 5.99. The molecule has 1 rings (SSSR count). The molecule has 1 atom stereocenters. The van der Waals surface area contributed by atoms with Gasteiger partial charge in [0.2, 0.25) is 10.0 Å². The van der Waals surface area contributed by atoms with Gasteiger partial charge in [-0.25, -0.2) is 21.6 Å². The van der Waals surface area contributed by atoms with Crippen molar-refractivity contribution in [2.24, 2.45) is 5.92 Å². The lowest BCUT2D eigenvalue weighted by Crippen LogP contribution is -2.49. The lowest BCUT2D eigenvalue weighted by molar-refractivity contribution is -0.140. The maximum atomic E-state index is 12.0. The van der Waals surface area contributed by atoms with Crippen molar-refractivity contribution in [2.75, 3.05) is 11.5 Å². The molecule has 1 saturated heterocycles. The third kappa shape index (κ3) is 4.43. The maximum Gasteiger partial charge on any atom is 0.321 e. The highest BCUT2D eigenvalue weighted by Crippen LogP contribution is 2.19. The summed E-state index contributed by atoms with van der Waals surface area (Å²) in [5.41, 5.74) is 0. The van der Waals surface area contributed by atoms with Crippen LogP contribution in [-0.2, 0) is 24.7 Å². The van der Waals surface area contributed by atoms with Crippen LogP contribution in [0.15, 0.2) is 0 Å². The Balaban J connectivity index is 2.79. The van der Waals surface area contributed by atoms with Crippen LogP contribution in [0.3, 0.4) is 0 Å². The molecule has 1 fully saturated rings. The van der Waals surface area contributed by atoms with E-state index < -0.39 is 37.1 Å². The summed E-state index contributed by atoms with van der Waals surface area (Å²) in [6.45, 7) is 3.21. The molecule has 0 amide bonds. The zero-order chi connectivity index (χ0) is 14.8. The van der Waals surface area contributed by atoms with E-state index in [9.17, 15) is 21.6 Å². The summed E-state index contributed by atoms with van der Waals surface area (Å²) in [5, 5.41) is 8.13. The van der Waals surface area contributed by atoms with Gasteiger partial charge in [-0.05, 0) is 18.8 Å². The Morgan fingerprint density at radius 2 is 1.74 bits per heavy atom. The Labute approximate surface area is 113 Å². The van der Waals surface area contributed by atoms with Crippen LogP contribution in [-0.4, -0.2) is 50.7 Å². The van der Waals surface area contributed by atoms with Crippen LogP contribution < -0.4 is 4.72 Å². The second kappa shape index (κ2) is 5.76. The minimum absolute atomic E-state index is 0.0160. The van der Waals surface area contributed by atoms with Gasteiger partial charge in [0, 0.05) is 0 Å². The summed E-state index contributed by atoms with van der Waals surface area (Å²) in [6.07, 6.45) is 0.0319. The first-order valence-corrected chi connectivity index (χ1v) is 9.36. The van der Waals surface area contributed by atoms with Gasteiger partial charge in [0.15, 0.2) is 0 Å². The third-order valence-electron chi connectivity index (χ3n) is 3.16. The molecule has 0 radical (unpaired) electrons. The summed E-state index contributed by atoms with van der Waals surface area (Å²) in [7, 11) is -6.96. The molecule has 0 aliphatic carbocycles. The molecule has 0 aromatic rings. The molecular formula is C10H19NO6S2. The van der Waals surface area contributed by atoms with Gasteiger partial charge in [-0.3, -0.25) is 4.79 Å². The number of carboxylic acid groups (broad SMARTS) is 1. The minimum atomic E-state index is -3.82. The van der Waals surface area contributed by atoms with Gasteiger partial charge in [-0.15, -0.1) is 0 Å². The van der Waals surface area contributed by atoms with Crippen LogP contribution in [0, 0.1) is 5.92 Å². The fourth-order valence-corrected chi connectivity index (χ4v) is 5.49. The highest BCUT2D eigenvalue weighted by molar-refractivity contribution is 7.92. The first-order chi connectivity index (χ1) is 8.55. The fourth-order valence-electron chi connectivity index (χ4n) is 1.92. The van der Waals surface area contributed by atoms with Crippen molar-refractivity contribution in [3.05, 3.63) is 0 Å². The van der Waals surface area contributed by atoms with E-state index in [-0.39, 0.29) is 30.3 Å². The van der Waals surface area contributed by atoms with E-state index >= 15 is 0 Å². The van der Waals surface area contributed by atoms with Crippen molar-refractivity contribution >= 4 is 25.8 Å². The minimum Gasteiger partial charge on any atom is -0.480 e. The normalized spacial score (nSPS) is 22.3. The van der Waals surface area contributed by atoms with Crippen LogP contribution in [0.5, 0.6) is 0 Å². The number of hydrogen-bond acceptors (Lipinski definition) is 5. The van der Waals surface area contributed by atoms with Gasteiger partial charge in [-0.1, -0.05) is 13.8 Å². The SMILES string of the molecule is CC(C)C(NS(=O)(=O)C1CCS(=O)(=O)CC1)C(=O)O. The largest absolute Gasteiger partial charge is 0.480 e. The van der Waals surface area contributed by atoms with Crippen molar-refractivity contribution < 1.29 is 26.7 Å². The highest BCUT2D eigenvalue weighted by Gasteiger charge is 2.36. The Hall–Kier alpha value is -0.670. The second-order valence-electron chi connectivity index (χ2n) is 5.07. The molecule has 1 aliphatic heterocycles. The summed E-state index contributed by atoms with van der Waals surface area (Å²) < 4.78 is 48.8. The molecular weight excluding hydrogens is 294 g/mol. The fraction of sp³-hybridized carbons (Fsp3) is 0.900. The lowest BCUT2D eigenvalue weighted by atomic mass is 10.1. The summed E-state index contributed by atoms with van der Waals surface area (Å²) in [6, 6.07) is -1.19. The Morgan fingerprint density at radius 3 is 2.11 bits per heavy atom. The number of sulfonamides is 1. The summed E-state index contributed by atoms with van der Waals surface area (Å²) >= 11 is 0. The zero-order valence-electron chi connectivity index (χ0n) is 10.9. The monoisotopic (exact) mass is 313 g/mol. The molecule has 1 heterocycles. The molecule has 112 valence electrons. The van der Waals surface area contributed by atoms with E-state index in [4.69, 9.17) is 5.11 Å². The van der Waals surface area contributed by atoms with Crippen LogP contribution >= 0.6 is 0 Å². The molecule has 19 heavy (non-hydrogen) atoms. The molecule has 2 N–H and O–H groups in total. The smallest absolute Gasteiger partial charge is 0.321 e. The molecule has 0 saturated carbocycles. The Morgan fingerprint density at radius 1 is 1.26 bits per heavy atom. The van der Waals surface area contributed by atoms with Gasteiger partial charge < -0.3 is 5.11 Å². The van der Waals surface area contributed by atoms with E-state index in [1.165, 1.54) is 0 Å². The predicted molar refractivity (Wildman–Crippen MR) is 70.0 cm³/mol. The Bertz CT molecular complexity index is 522. The number of carboxylic acids is 1. The average Bonchev–Trinajstić information content (AvgIpc) is 2.24. The highest BCUT2D eigenvalue weighted by atomic mass is 32.2. The van der Waals surface area contributed by atoms with Gasteiger partial charge >= 0.3 is 5.97 Å². The first kappa shape index (κ1) is 16.4. The van der Waals surface area contributed by atoms with Crippen LogP contribution in [0.4, 0.5) is 0 Å². The number of sulfone groups is 1. The molecule has 9 heteroatoms. The number of hydrogen-bond donors (Lipinski definition) is 2. The number of aliphatic carboxylic acids is 1. The lowest BCUT2D eigenvalue weighted by Gasteiger charge is -2.25. The maximum absolute atomic E-state index is 12.0. The molecule has 1 unspecified atom stereocenters. The quantitative estimate of drug-likeness (QED) is 0.712. The van der Waals surface area contributed by atoms with Crippen molar-refractivity contribution in [2.45, 2.75) is 38.0 Å². The van der Waals surface area contributed by atoms with Gasteiger partial charge in [0.05, 0.1) is 16.8 Å². The third-order valence-corrected chi connectivity index (χ3v) is 6.81. The number of carbonyl (C=O) groups is 1. The topological polar surface area (TPSA) is 118 Å². The van der Waals surface area contributed by atoms with Gasteiger partial charge in [0.25, 0.3) is 0 Å². The van der Waals surface area contributed by atoms with Crippen molar-refractivity contribution in [3.8, 4) is 0 Å². The number of nitrogens with one attached hydrogen (secondary N) is 1. The summed E-state index contributed by atoms with van der Waals surface area (Å²) in [5.74, 6) is -1.96. The molecule has 0 bridgehead atoms. The van der Waals surface area contributed by atoms with Crippen LogP contribution in [0.25, 0.3) is 0 Å². The van der Waals surface area contributed by atoms with Crippen molar-refractivity contribution in [1.82, 2.24) is 4.72 Å². The van der Waals surface area contributed by atoms with Gasteiger partial charge in [0.1, 0.15) is 15.9 Å². The van der Waals surface area contributed by atoms with Crippen molar-refractivity contribution in [3.63, 3.8) is 0 Å². The Kier molecular flexibility index (Phi) is 4.97. The second-order valence-corrected chi connectivity index (χ2v) is 9.37. The molecule has 0 aromatic carbocycles. The van der Waals surface area contributed by atoms with Crippen molar-refractivity contribution in [1.29, 1.82) is 0 Å². The molecule has 7 nitrogen and oxygen atoms in total. The molecule has 1 aliphatic rings. The molecule has 0 aromatic heterocycles. The van der Waals surface area contributed by atoms with Crippen LogP contribution in [0.2, 0.25) is 0 Å². The van der Waals surface area contributed by atoms with E-state index in [1.807, 2.05) is 0 Å². The standard InChI is InChI=1S/C10H19NO6S2/c1-7(2)9(10(12)13)11-19(16,17)8-3-5-18(14,15)6-4-8/h7-9,11H,3-6H2,1-2H3,(H,12,13). The summed E-state index contributed by atoms with van der Waals surface area (Å²) in [4.78, 5) is 11.0. The van der Waals surface area contributed by atoms with E-state index in [1.54, 1.807) is 13.8 Å².